The van der Waals surface area contributed by atoms with E-state index in [0.717, 1.165) is 18.4 Å². The van der Waals surface area contributed by atoms with Crippen LogP contribution in [0.3, 0.4) is 0 Å². The number of nitrogens with zero attached hydrogens (tertiary/aromatic N) is 2. The first-order chi connectivity index (χ1) is 9.81. The monoisotopic (exact) mass is 264 g/mol. The molecule has 0 saturated heterocycles. The third kappa shape index (κ3) is 2.94. The van der Waals surface area contributed by atoms with E-state index in [1.165, 1.54) is 11.1 Å². The van der Waals surface area contributed by atoms with Gasteiger partial charge >= 0.3 is 0 Å². The van der Waals surface area contributed by atoms with Crippen LogP contribution in [0.15, 0.2) is 59.0 Å². The van der Waals surface area contributed by atoms with Crippen molar-refractivity contribution in [3.05, 3.63) is 71.6 Å². The summed E-state index contributed by atoms with van der Waals surface area (Å²) in [6, 6.07) is 18.3. The van der Waals surface area contributed by atoms with E-state index in [-0.39, 0.29) is 0 Å². The first-order valence-electron chi connectivity index (χ1n) is 6.74. The second-order valence-electron chi connectivity index (χ2n) is 4.86. The second kappa shape index (κ2) is 5.70. The predicted molar refractivity (Wildman–Crippen MR) is 78.3 cm³/mol. The molecule has 3 aromatic rings. The van der Waals surface area contributed by atoms with Crippen molar-refractivity contribution < 1.29 is 4.42 Å². The third-order valence-electron chi connectivity index (χ3n) is 3.20. The molecule has 100 valence electrons. The second-order valence-corrected chi connectivity index (χ2v) is 4.86. The fourth-order valence-corrected chi connectivity index (χ4v) is 2.17. The van der Waals surface area contributed by atoms with Gasteiger partial charge in [-0.15, -0.1) is 10.2 Å². The van der Waals surface area contributed by atoms with Crippen molar-refractivity contribution in [1.82, 2.24) is 10.2 Å². The molecular formula is C17H16N2O. The molecule has 3 heteroatoms. The summed E-state index contributed by atoms with van der Waals surface area (Å²) >= 11 is 0. The fraction of sp³-hybridized carbons (Fsp3) is 0.176. The molecule has 3 nitrogen and oxygen atoms in total. The first-order valence-corrected chi connectivity index (χ1v) is 6.74. The van der Waals surface area contributed by atoms with Gasteiger partial charge in [0.05, 0.1) is 0 Å². The van der Waals surface area contributed by atoms with E-state index < -0.39 is 0 Å². The number of benzene rings is 2. The lowest BCUT2D eigenvalue weighted by Gasteiger charge is -1.99. The van der Waals surface area contributed by atoms with E-state index >= 15 is 0 Å². The largest absolute Gasteiger partial charge is 0.421 e. The van der Waals surface area contributed by atoms with Gasteiger partial charge in [-0.25, -0.2) is 0 Å². The molecule has 0 fully saturated rings. The standard InChI is InChI=1S/C17H16N2O/c1-13-6-5-7-14(12-13)10-11-16-18-19-17(20-16)15-8-3-2-4-9-15/h2-9,12H,10-11H2,1H3. The zero-order chi connectivity index (χ0) is 13.8. The van der Waals surface area contributed by atoms with Crippen molar-refractivity contribution in [3.63, 3.8) is 0 Å². The maximum absolute atomic E-state index is 5.70. The van der Waals surface area contributed by atoms with Crippen molar-refractivity contribution in [1.29, 1.82) is 0 Å². The topological polar surface area (TPSA) is 38.9 Å². The van der Waals surface area contributed by atoms with E-state index in [1.54, 1.807) is 0 Å². The zero-order valence-corrected chi connectivity index (χ0v) is 11.4. The van der Waals surface area contributed by atoms with E-state index in [0.29, 0.717) is 11.8 Å². The lowest BCUT2D eigenvalue weighted by atomic mass is 10.1. The molecule has 0 aliphatic carbocycles. The van der Waals surface area contributed by atoms with Gasteiger partial charge in [0.1, 0.15) is 0 Å². The Labute approximate surface area is 118 Å². The van der Waals surface area contributed by atoms with Crippen molar-refractivity contribution in [2.75, 3.05) is 0 Å². The van der Waals surface area contributed by atoms with Crippen LogP contribution in [-0.4, -0.2) is 10.2 Å². The fourth-order valence-electron chi connectivity index (χ4n) is 2.17. The Morgan fingerprint density at radius 1 is 0.900 bits per heavy atom. The smallest absolute Gasteiger partial charge is 0.247 e. The minimum absolute atomic E-state index is 0.588. The number of hydrogen-bond acceptors (Lipinski definition) is 3. The molecule has 0 radical (unpaired) electrons. The summed E-state index contributed by atoms with van der Waals surface area (Å²) < 4.78 is 5.70. The Kier molecular flexibility index (Phi) is 3.59. The predicted octanol–water partition coefficient (Wildman–Crippen LogP) is 3.83. The maximum atomic E-state index is 5.70. The van der Waals surface area contributed by atoms with Crippen LogP contribution in [0.4, 0.5) is 0 Å². The first kappa shape index (κ1) is 12.6. The SMILES string of the molecule is Cc1cccc(CCc2nnc(-c3ccccc3)o2)c1. The minimum Gasteiger partial charge on any atom is -0.421 e. The molecule has 0 spiro atoms. The molecule has 0 aliphatic rings. The Morgan fingerprint density at radius 2 is 1.75 bits per heavy atom. The molecule has 0 unspecified atom stereocenters. The molecule has 3 rings (SSSR count). The molecule has 0 saturated carbocycles. The quantitative estimate of drug-likeness (QED) is 0.719. The van der Waals surface area contributed by atoms with Crippen molar-refractivity contribution in [3.8, 4) is 11.5 Å². The van der Waals surface area contributed by atoms with Crippen LogP contribution in [0.5, 0.6) is 0 Å². The van der Waals surface area contributed by atoms with Crippen LogP contribution in [0, 0.1) is 6.92 Å². The van der Waals surface area contributed by atoms with Crippen molar-refractivity contribution >= 4 is 0 Å². The average molecular weight is 264 g/mol. The van der Waals surface area contributed by atoms with Crippen LogP contribution in [0.25, 0.3) is 11.5 Å². The van der Waals surface area contributed by atoms with Crippen LogP contribution < -0.4 is 0 Å². The molecule has 0 amide bonds. The van der Waals surface area contributed by atoms with Crippen LogP contribution in [0.2, 0.25) is 0 Å². The van der Waals surface area contributed by atoms with Gasteiger partial charge in [-0.1, -0.05) is 48.0 Å². The highest BCUT2D eigenvalue weighted by Crippen LogP contribution is 2.17. The summed E-state index contributed by atoms with van der Waals surface area (Å²) in [5.41, 5.74) is 3.53. The molecule has 0 atom stereocenters. The summed E-state index contributed by atoms with van der Waals surface area (Å²) in [7, 11) is 0. The minimum atomic E-state index is 0.588. The summed E-state index contributed by atoms with van der Waals surface area (Å²) in [5, 5.41) is 8.21. The molecule has 1 heterocycles. The number of aryl methyl sites for hydroxylation is 3. The number of rotatable bonds is 4. The Bertz CT molecular complexity index is 689. The molecule has 0 aliphatic heterocycles. The molecular weight excluding hydrogens is 248 g/mol. The van der Waals surface area contributed by atoms with E-state index in [4.69, 9.17) is 4.42 Å². The van der Waals surface area contributed by atoms with Gasteiger partial charge in [-0.3, -0.25) is 0 Å². The summed E-state index contributed by atoms with van der Waals surface area (Å²) in [5.74, 6) is 1.27. The number of hydrogen-bond donors (Lipinski definition) is 0. The average Bonchev–Trinajstić information content (AvgIpc) is 2.95. The summed E-state index contributed by atoms with van der Waals surface area (Å²) in [4.78, 5) is 0. The highest BCUT2D eigenvalue weighted by molar-refractivity contribution is 5.51. The Hall–Kier alpha value is -2.42. The summed E-state index contributed by atoms with van der Waals surface area (Å²) in [6.45, 7) is 2.10. The van der Waals surface area contributed by atoms with E-state index in [1.807, 2.05) is 30.3 Å². The van der Waals surface area contributed by atoms with Gasteiger partial charge in [0.15, 0.2) is 0 Å². The molecule has 2 aromatic carbocycles. The Morgan fingerprint density at radius 3 is 2.55 bits per heavy atom. The summed E-state index contributed by atoms with van der Waals surface area (Å²) in [6.07, 6.45) is 1.68. The van der Waals surface area contributed by atoms with Crippen molar-refractivity contribution in [2.24, 2.45) is 0 Å². The van der Waals surface area contributed by atoms with Crippen molar-refractivity contribution in [2.45, 2.75) is 19.8 Å². The molecule has 1 aromatic heterocycles. The van der Waals surface area contributed by atoms with Crippen LogP contribution in [-0.2, 0) is 12.8 Å². The van der Waals surface area contributed by atoms with E-state index in [2.05, 4.69) is 41.4 Å². The van der Waals surface area contributed by atoms with Gasteiger partial charge in [-0.2, -0.15) is 0 Å². The highest BCUT2D eigenvalue weighted by Gasteiger charge is 2.08. The van der Waals surface area contributed by atoms with E-state index in [9.17, 15) is 0 Å². The van der Waals surface area contributed by atoms with Gasteiger partial charge in [0.2, 0.25) is 11.8 Å². The number of aromatic nitrogens is 2. The van der Waals surface area contributed by atoms with Crippen LogP contribution >= 0.6 is 0 Å². The lowest BCUT2D eigenvalue weighted by molar-refractivity contribution is 0.504. The Balaban J connectivity index is 1.69. The van der Waals surface area contributed by atoms with Gasteiger partial charge in [0, 0.05) is 12.0 Å². The normalized spacial score (nSPS) is 10.7. The molecule has 20 heavy (non-hydrogen) atoms. The maximum Gasteiger partial charge on any atom is 0.247 e. The van der Waals surface area contributed by atoms with Gasteiger partial charge in [0.25, 0.3) is 0 Å². The molecule has 0 N–H and O–H groups in total. The van der Waals surface area contributed by atoms with Crippen LogP contribution in [0.1, 0.15) is 17.0 Å². The van der Waals surface area contributed by atoms with Gasteiger partial charge < -0.3 is 4.42 Å². The van der Waals surface area contributed by atoms with Gasteiger partial charge in [-0.05, 0) is 31.0 Å². The highest BCUT2D eigenvalue weighted by atomic mass is 16.4. The lowest BCUT2D eigenvalue weighted by Crippen LogP contribution is -1.92. The third-order valence-corrected chi connectivity index (χ3v) is 3.20. The zero-order valence-electron chi connectivity index (χ0n) is 11.4. The molecule has 0 bridgehead atoms.